The van der Waals surface area contributed by atoms with Gasteiger partial charge in [0.1, 0.15) is 0 Å². The highest BCUT2D eigenvalue weighted by Crippen LogP contribution is 2.31. The molecule has 44 heavy (non-hydrogen) atoms. The van der Waals surface area contributed by atoms with Crippen LogP contribution in [0.2, 0.25) is 5.02 Å². The number of halogens is 1. The molecule has 0 saturated carbocycles. The Morgan fingerprint density at radius 1 is 0.977 bits per heavy atom. The number of hydrogen-bond donors (Lipinski definition) is 0. The van der Waals surface area contributed by atoms with Crippen molar-refractivity contribution < 1.29 is 13.2 Å². The third-order valence-corrected chi connectivity index (χ3v) is 10.8. The van der Waals surface area contributed by atoms with Crippen LogP contribution in [0.1, 0.15) is 55.9 Å². The summed E-state index contributed by atoms with van der Waals surface area (Å²) in [6.07, 6.45) is 2.95. The van der Waals surface area contributed by atoms with E-state index in [0.717, 1.165) is 33.5 Å². The predicted octanol–water partition coefficient (Wildman–Crippen LogP) is 6.92. The van der Waals surface area contributed by atoms with Gasteiger partial charge in [0.25, 0.3) is 0 Å². The van der Waals surface area contributed by atoms with Gasteiger partial charge < -0.3 is 4.90 Å². The van der Waals surface area contributed by atoms with E-state index in [-0.39, 0.29) is 17.2 Å². The molecular formula is C35H41ClN4O3S. The largest absolute Gasteiger partial charge is 0.341 e. The molecule has 0 bridgehead atoms. The topological polar surface area (TPSA) is 75.5 Å². The van der Waals surface area contributed by atoms with Crippen LogP contribution in [-0.2, 0) is 33.3 Å². The van der Waals surface area contributed by atoms with Crippen LogP contribution < -0.4 is 0 Å². The molecule has 7 nitrogen and oxygen atoms in total. The van der Waals surface area contributed by atoms with Gasteiger partial charge in [0.2, 0.25) is 15.9 Å². The Bertz CT molecular complexity index is 1740. The highest BCUT2D eigenvalue weighted by molar-refractivity contribution is 7.89. The van der Waals surface area contributed by atoms with Gasteiger partial charge in [-0.25, -0.2) is 8.42 Å². The van der Waals surface area contributed by atoms with Crippen LogP contribution in [0.4, 0.5) is 0 Å². The van der Waals surface area contributed by atoms with Crippen molar-refractivity contribution in [3.8, 4) is 11.3 Å². The number of hydrogen-bond acceptors (Lipinski definition) is 4. The Balaban J connectivity index is 1.29. The molecule has 5 rings (SSSR count). The monoisotopic (exact) mass is 632 g/mol. The van der Waals surface area contributed by atoms with E-state index in [9.17, 15) is 13.2 Å². The molecule has 0 radical (unpaired) electrons. The molecule has 1 fully saturated rings. The lowest BCUT2D eigenvalue weighted by molar-refractivity contribution is -0.135. The first-order valence-corrected chi connectivity index (χ1v) is 16.9. The van der Waals surface area contributed by atoms with Gasteiger partial charge in [-0.15, -0.1) is 0 Å². The Hall–Kier alpha value is -3.46. The van der Waals surface area contributed by atoms with Gasteiger partial charge in [-0.05, 0) is 54.0 Å². The highest BCUT2D eigenvalue weighted by atomic mass is 35.5. The second kappa shape index (κ2) is 12.9. The molecule has 0 spiro atoms. The summed E-state index contributed by atoms with van der Waals surface area (Å²) in [5.74, 6) is -0.224. The van der Waals surface area contributed by atoms with E-state index in [1.165, 1.54) is 4.31 Å². The van der Waals surface area contributed by atoms with Crippen LogP contribution in [0, 0.1) is 12.8 Å². The third-order valence-electron chi connectivity index (χ3n) is 8.43. The number of amides is 1. The van der Waals surface area contributed by atoms with Gasteiger partial charge in [-0.1, -0.05) is 93.0 Å². The smallest absolute Gasteiger partial charge is 0.243 e. The molecule has 1 aromatic heterocycles. The normalized spacial score (nSPS) is 15.0. The first kappa shape index (κ1) is 31.9. The molecule has 1 aliphatic heterocycles. The summed E-state index contributed by atoms with van der Waals surface area (Å²) in [6.45, 7) is 9.61. The molecule has 4 aromatic rings. The van der Waals surface area contributed by atoms with Crippen LogP contribution in [0.15, 0.2) is 83.9 Å². The van der Waals surface area contributed by atoms with Gasteiger partial charge in [0.05, 0.1) is 17.1 Å². The van der Waals surface area contributed by atoms with Crippen molar-refractivity contribution in [3.63, 3.8) is 0 Å². The van der Waals surface area contributed by atoms with E-state index in [1.807, 2.05) is 97.6 Å². The maximum absolute atomic E-state index is 13.7. The van der Waals surface area contributed by atoms with E-state index in [4.69, 9.17) is 16.7 Å². The van der Waals surface area contributed by atoms with Crippen LogP contribution >= 0.6 is 11.6 Å². The van der Waals surface area contributed by atoms with Crippen molar-refractivity contribution in [1.82, 2.24) is 19.0 Å². The zero-order chi connectivity index (χ0) is 31.6. The third kappa shape index (κ3) is 6.93. The van der Waals surface area contributed by atoms with Gasteiger partial charge in [-0.2, -0.15) is 9.40 Å². The minimum atomic E-state index is -3.67. The van der Waals surface area contributed by atoms with Gasteiger partial charge >= 0.3 is 0 Å². The summed E-state index contributed by atoms with van der Waals surface area (Å²) in [5.41, 5.74) is 5.27. The first-order chi connectivity index (χ1) is 20.8. The number of piperidine rings is 1. The molecule has 1 aliphatic rings. The van der Waals surface area contributed by atoms with Gasteiger partial charge in [0, 0.05) is 54.9 Å². The molecule has 1 saturated heterocycles. The number of benzene rings is 3. The van der Waals surface area contributed by atoms with Crippen molar-refractivity contribution in [2.24, 2.45) is 5.92 Å². The second-order valence-corrected chi connectivity index (χ2v) is 15.1. The SMILES string of the molecule is Cc1ccc(C(C)(C)C)cc1S(=O)(=O)N1CCC(C(=O)N(C)Cc2cn(Cc3ccccc3Cl)nc2-c2ccccc2)CC1. The van der Waals surface area contributed by atoms with E-state index >= 15 is 0 Å². The van der Waals surface area contributed by atoms with Crippen LogP contribution in [0.3, 0.4) is 0 Å². The minimum Gasteiger partial charge on any atom is -0.341 e. The van der Waals surface area contributed by atoms with Crippen molar-refractivity contribution >= 4 is 27.5 Å². The molecular weight excluding hydrogens is 592 g/mol. The second-order valence-electron chi connectivity index (χ2n) is 12.8. The van der Waals surface area contributed by atoms with Crippen molar-refractivity contribution in [1.29, 1.82) is 0 Å². The van der Waals surface area contributed by atoms with Gasteiger partial charge in [0.15, 0.2) is 0 Å². The summed E-state index contributed by atoms with van der Waals surface area (Å²) in [7, 11) is -1.86. The lowest BCUT2D eigenvalue weighted by Gasteiger charge is -2.33. The Morgan fingerprint density at radius 3 is 2.30 bits per heavy atom. The fraction of sp³-hybridized carbons (Fsp3) is 0.371. The van der Waals surface area contributed by atoms with Crippen LogP contribution in [-0.4, -0.2) is 53.4 Å². The minimum absolute atomic E-state index is 0.0193. The summed E-state index contributed by atoms with van der Waals surface area (Å²) < 4.78 is 30.8. The molecule has 0 N–H and O–H groups in total. The number of carbonyl (C=O) groups excluding carboxylic acids is 1. The molecule has 0 unspecified atom stereocenters. The number of aromatic nitrogens is 2. The fourth-order valence-electron chi connectivity index (χ4n) is 5.77. The molecule has 2 heterocycles. The van der Waals surface area contributed by atoms with Gasteiger partial charge in [-0.3, -0.25) is 9.48 Å². The zero-order valence-corrected chi connectivity index (χ0v) is 27.7. The first-order valence-electron chi connectivity index (χ1n) is 15.1. The average molecular weight is 633 g/mol. The summed E-state index contributed by atoms with van der Waals surface area (Å²) in [5, 5.41) is 5.57. The van der Waals surface area contributed by atoms with Crippen molar-refractivity contribution in [2.45, 2.75) is 63.9 Å². The summed E-state index contributed by atoms with van der Waals surface area (Å²) >= 11 is 6.42. The van der Waals surface area contributed by atoms with E-state index < -0.39 is 10.0 Å². The molecule has 3 aromatic carbocycles. The van der Waals surface area contributed by atoms with E-state index in [1.54, 1.807) is 4.90 Å². The Morgan fingerprint density at radius 2 is 1.64 bits per heavy atom. The number of nitrogens with zero attached hydrogens (tertiary/aromatic N) is 4. The quantitative estimate of drug-likeness (QED) is 0.211. The molecule has 0 aliphatic carbocycles. The predicted molar refractivity (Wildman–Crippen MR) is 176 cm³/mol. The summed E-state index contributed by atoms with van der Waals surface area (Å²) in [4.78, 5) is 15.7. The Kier molecular flexibility index (Phi) is 9.35. The number of carbonyl (C=O) groups is 1. The lowest BCUT2D eigenvalue weighted by atomic mass is 9.87. The number of aryl methyl sites for hydroxylation is 1. The van der Waals surface area contributed by atoms with Crippen LogP contribution in [0.25, 0.3) is 11.3 Å². The maximum atomic E-state index is 13.7. The fourth-order valence-corrected chi connectivity index (χ4v) is 7.69. The molecule has 9 heteroatoms. The Labute approximate surface area is 266 Å². The highest BCUT2D eigenvalue weighted by Gasteiger charge is 2.34. The maximum Gasteiger partial charge on any atom is 0.243 e. The summed E-state index contributed by atoms with van der Waals surface area (Å²) in [6, 6.07) is 23.4. The lowest BCUT2D eigenvalue weighted by Crippen LogP contribution is -2.43. The van der Waals surface area contributed by atoms with Crippen LogP contribution in [0.5, 0.6) is 0 Å². The molecule has 0 atom stereocenters. The van der Waals surface area contributed by atoms with Crippen molar-refractivity contribution in [2.75, 3.05) is 20.1 Å². The number of sulfonamides is 1. The zero-order valence-electron chi connectivity index (χ0n) is 26.1. The average Bonchev–Trinajstić information content (AvgIpc) is 3.39. The molecule has 232 valence electrons. The van der Waals surface area contributed by atoms with Crippen molar-refractivity contribution in [3.05, 3.63) is 106 Å². The number of rotatable bonds is 8. The van der Waals surface area contributed by atoms with E-state index in [0.29, 0.717) is 48.9 Å². The standard InChI is InChI=1S/C35H41ClN4O3S/c1-25-15-16-30(35(2,3)4)21-32(25)44(42,43)40-19-17-27(18-20-40)34(41)38(5)22-29-24-39(23-28-13-9-10-14-31(28)36)37-33(29)26-11-7-6-8-12-26/h6-16,21,24,27H,17-20,22-23H2,1-5H3. The molecule has 1 amide bonds. The van der Waals surface area contributed by atoms with E-state index in [2.05, 4.69) is 20.8 Å².